The van der Waals surface area contributed by atoms with Gasteiger partial charge in [0.1, 0.15) is 5.58 Å². The average Bonchev–Trinajstić information content (AvgIpc) is 2.57. The predicted octanol–water partition coefficient (Wildman–Crippen LogP) is 3.30. The van der Waals surface area contributed by atoms with E-state index < -0.39 is 0 Å². The Morgan fingerprint density at radius 1 is 1.40 bits per heavy atom. The van der Waals surface area contributed by atoms with E-state index in [1.54, 1.807) is 0 Å². The van der Waals surface area contributed by atoms with Crippen LogP contribution in [-0.4, -0.2) is 25.5 Å². The van der Waals surface area contributed by atoms with Crippen LogP contribution in [0.1, 0.15) is 5.56 Å². The fourth-order valence-electron chi connectivity index (χ4n) is 1.59. The van der Waals surface area contributed by atoms with Gasteiger partial charge in [-0.05, 0) is 44.3 Å². The molecule has 1 aromatic heterocycles. The van der Waals surface area contributed by atoms with Crippen molar-refractivity contribution in [1.82, 2.24) is 4.90 Å². The van der Waals surface area contributed by atoms with Gasteiger partial charge >= 0.3 is 0 Å². The lowest BCUT2D eigenvalue weighted by molar-refractivity contribution is 0.413. The first-order valence-corrected chi connectivity index (χ1v) is 5.76. The second kappa shape index (κ2) is 4.37. The van der Waals surface area contributed by atoms with Crippen LogP contribution in [0.15, 0.2) is 33.4 Å². The Bertz CT molecular complexity index is 462. The molecule has 0 unspecified atom stereocenters. The second-order valence-electron chi connectivity index (χ2n) is 3.95. The largest absolute Gasteiger partial charge is 0.464 e. The molecule has 0 aliphatic heterocycles. The van der Waals surface area contributed by atoms with E-state index in [0.29, 0.717) is 0 Å². The first kappa shape index (κ1) is 10.7. The first-order chi connectivity index (χ1) is 7.16. The maximum Gasteiger partial charge on any atom is 0.134 e. The summed E-state index contributed by atoms with van der Waals surface area (Å²) < 4.78 is 6.60. The molecule has 0 radical (unpaired) electrons. The van der Waals surface area contributed by atoms with Crippen LogP contribution in [0, 0.1) is 0 Å². The van der Waals surface area contributed by atoms with E-state index in [0.717, 1.165) is 23.0 Å². The van der Waals surface area contributed by atoms with Crippen LogP contribution in [0.25, 0.3) is 11.0 Å². The molecule has 0 bridgehead atoms. The van der Waals surface area contributed by atoms with Gasteiger partial charge in [-0.2, -0.15) is 0 Å². The number of halogens is 1. The van der Waals surface area contributed by atoms with E-state index in [1.807, 2.05) is 18.4 Å². The zero-order chi connectivity index (χ0) is 10.8. The number of nitrogens with zero attached hydrogens (tertiary/aromatic N) is 1. The van der Waals surface area contributed by atoms with Crippen molar-refractivity contribution < 1.29 is 4.42 Å². The molecule has 15 heavy (non-hydrogen) atoms. The number of furan rings is 1. The number of hydrogen-bond donors (Lipinski definition) is 0. The molecule has 80 valence electrons. The van der Waals surface area contributed by atoms with Crippen LogP contribution in [-0.2, 0) is 6.42 Å². The van der Waals surface area contributed by atoms with E-state index >= 15 is 0 Å². The molecule has 1 heterocycles. The van der Waals surface area contributed by atoms with Gasteiger partial charge in [-0.1, -0.05) is 15.9 Å². The summed E-state index contributed by atoms with van der Waals surface area (Å²) in [5.74, 6) is 0. The Morgan fingerprint density at radius 3 is 2.93 bits per heavy atom. The van der Waals surface area contributed by atoms with Crippen molar-refractivity contribution in [2.24, 2.45) is 0 Å². The number of benzene rings is 1. The van der Waals surface area contributed by atoms with Gasteiger partial charge in [0.2, 0.25) is 0 Å². The SMILES string of the molecule is CN(C)CC[14c]1coc2ccc(Br)cc21. The fourth-order valence-corrected chi connectivity index (χ4v) is 1.95. The lowest BCUT2D eigenvalue weighted by atomic mass is 10.3. The Kier molecular flexibility index (Phi) is 3.12. The lowest BCUT2D eigenvalue weighted by Gasteiger charge is -2.07. The molecule has 0 spiro atoms. The molecule has 0 aliphatic carbocycles. The van der Waals surface area contributed by atoms with Crippen molar-refractivity contribution in [3.8, 4) is 0 Å². The molecular formula is C12H14BrNO. The highest BCUT2D eigenvalue weighted by atomic mass is 79.9. The molecule has 0 saturated carbocycles. The summed E-state index contributed by atoms with van der Waals surface area (Å²) in [5, 5.41) is 1.21. The van der Waals surface area contributed by atoms with Crippen LogP contribution in [0.4, 0.5) is 0 Å². The number of likely N-dealkylation sites (N-methyl/N-ethyl adjacent to an activating group) is 1. The van der Waals surface area contributed by atoms with Crippen LogP contribution < -0.4 is 0 Å². The van der Waals surface area contributed by atoms with Crippen LogP contribution in [0.3, 0.4) is 0 Å². The maximum atomic E-state index is 5.50. The summed E-state index contributed by atoms with van der Waals surface area (Å²) in [5.41, 5.74) is 2.24. The number of rotatable bonds is 3. The van der Waals surface area contributed by atoms with E-state index in [9.17, 15) is 0 Å². The smallest absolute Gasteiger partial charge is 0.134 e. The quantitative estimate of drug-likeness (QED) is 0.850. The van der Waals surface area contributed by atoms with Gasteiger partial charge in [-0.15, -0.1) is 0 Å². The van der Waals surface area contributed by atoms with Crippen LogP contribution in [0.2, 0.25) is 0 Å². The highest BCUT2D eigenvalue weighted by molar-refractivity contribution is 9.10. The van der Waals surface area contributed by atoms with Gasteiger partial charge in [-0.25, -0.2) is 0 Å². The number of fused-ring (bicyclic) bond motifs is 1. The lowest BCUT2D eigenvalue weighted by Crippen LogP contribution is -2.14. The van der Waals surface area contributed by atoms with Gasteiger partial charge in [0, 0.05) is 16.4 Å². The molecule has 0 saturated heterocycles. The average molecular weight is 270 g/mol. The number of hydrogen-bond acceptors (Lipinski definition) is 2. The molecule has 0 fully saturated rings. The Morgan fingerprint density at radius 2 is 2.20 bits per heavy atom. The predicted molar refractivity (Wildman–Crippen MR) is 66.2 cm³/mol. The topological polar surface area (TPSA) is 16.4 Å². The summed E-state index contributed by atoms with van der Waals surface area (Å²) in [7, 11) is 4.16. The molecule has 0 aliphatic rings. The first-order valence-electron chi connectivity index (χ1n) is 4.97. The summed E-state index contributed by atoms with van der Waals surface area (Å²) in [6.45, 7) is 1.04. The van der Waals surface area contributed by atoms with Crippen molar-refractivity contribution in [2.45, 2.75) is 6.42 Å². The summed E-state index contributed by atoms with van der Waals surface area (Å²) in [4.78, 5) is 2.18. The summed E-state index contributed by atoms with van der Waals surface area (Å²) in [6, 6.07) is 6.12. The molecule has 2 aromatic rings. The third-order valence-corrected chi connectivity index (χ3v) is 2.94. The van der Waals surface area contributed by atoms with Gasteiger partial charge in [0.15, 0.2) is 0 Å². The van der Waals surface area contributed by atoms with Gasteiger partial charge in [0.25, 0.3) is 0 Å². The van der Waals surface area contributed by atoms with Crippen molar-refractivity contribution in [1.29, 1.82) is 0 Å². The van der Waals surface area contributed by atoms with Crippen LogP contribution in [0.5, 0.6) is 0 Å². The standard InChI is InChI=1S/C12H14BrNO/c1-14(2)6-5-9-8-15-12-4-3-10(13)7-11(9)12/h3-4,7-8H,5-6H2,1-2H3/i9+2. The highest BCUT2D eigenvalue weighted by Crippen LogP contribution is 2.25. The monoisotopic (exact) mass is 269 g/mol. The minimum absolute atomic E-state index is 0.965. The second-order valence-corrected chi connectivity index (χ2v) is 4.87. The van der Waals surface area contributed by atoms with E-state index in [4.69, 9.17) is 4.42 Å². The maximum absolute atomic E-state index is 5.50. The third kappa shape index (κ3) is 2.41. The Labute approximate surface area is 98.0 Å². The molecule has 2 rings (SSSR count). The molecular weight excluding hydrogens is 256 g/mol. The zero-order valence-corrected chi connectivity index (χ0v) is 10.5. The van der Waals surface area contributed by atoms with Crippen molar-refractivity contribution >= 4 is 26.9 Å². The Balaban J connectivity index is 2.31. The molecule has 0 N–H and O–H groups in total. The molecule has 2 nitrogen and oxygen atoms in total. The Hall–Kier alpha value is -0.800. The van der Waals surface area contributed by atoms with Gasteiger partial charge < -0.3 is 9.32 Å². The van der Waals surface area contributed by atoms with Crippen molar-refractivity contribution in [3.05, 3.63) is 34.5 Å². The van der Waals surface area contributed by atoms with Gasteiger partial charge in [0.05, 0.1) is 6.26 Å². The van der Waals surface area contributed by atoms with E-state index in [-0.39, 0.29) is 0 Å². The molecule has 3 heteroatoms. The van der Waals surface area contributed by atoms with Crippen molar-refractivity contribution in [2.75, 3.05) is 20.6 Å². The highest BCUT2D eigenvalue weighted by Gasteiger charge is 2.06. The summed E-state index contributed by atoms with van der Waals surface area (Å²) >= 11 is 3.48. The molecule has 0 amide bonds. The zero-order valence-electron chi connectivity index (χ0n) is 8.96. The third-order valence-electron chi connectivity index (χ3n) is 2.44. The van der Waals surface area contributed by atoms with Crippen molar-refractivity contribution in [3.63, 3.8) is 0 Å². The van der Waals surface area contributed by atoms with E-state index in [1.165, 1.54) is 10.9 Å². The fraction of sp³-hybridized carbons (Fsp3) is 0.333. The normalized spacial score (nSPS) is 11.5. The minimum atomic E-state index is 0.965. The molecule has 0 atom stereocenters. The van der Waals surface area contributed by atoms with E-state index in [2.05, 4.69) is 41.0 Å². The van der Waals surface area contributed by atoms with Gasteiger partial charge in [-0.3, -0.25) is 0 Å². The molecule has 1 aromatic carbocycles. The van der Waals surface area contributed by atoms with Crippen LogP contribution >= 0.6 is 15.9 Å². The minimum Gasteiger partial charge on any atom is -0.464 e. The summed E-state index contributed by atoms with van der Waals surface area (Å²) in [6.07, 6.45) is 2.89.